The van der Waals surface area contributed by atoms with Crippen molar-refractivity contribution < 1.29 is 8.42 Å². The van der Waals surface area contributed by atoms with E-state index < -0.39 is 9.84 Å². The maximum atomic E-state index is 11.5. The number of hydrogen-bond donors (Lipinski definition) is 2. The summed E-state index contributed by atoms with van der Waals surface area (Å²) in [6.45, 7) is 2.68. The second-order valence-electron chi connectivity index (χ2n) is 6.70. The van der Waals surface area contributed by atoms with E-state index in [4.69, 9.17) is 0 Å². The zero-order valence-electron chi connectivity index (χ0n) is 15.7. The Morgan fingerprint density at radius 3 is 2.48 bits per heavy atom. The number of benzene rings is 1. The summed E-state index contributed by atoms with van der Waals surface area (Å²) in [6.07, 6.45) is 3.36. The molecule has 6 nitrogen and oxygen atoms in total. The lowest BCUT2D eigenvalue weighted by atomic mass is 10.1. The van der Waals surface area contributed by atoms with Crippen LogP contribution in [0.1, 0.15) is 18.4 Å². The van der Waals surface area contributed by atoms with Crippen molar-refractivity contribution in [3.63, 3.8) is 0 Å². The summed E-state index contributed by atoms with van der Waals surface area (Å²) in [5.74, 6) is 0.775. The fraction of sp³-hybridized carbons (Fsp3) is 0.421. The molecule has 0 spiro atoms. The van der Waals surface area contributed by atoms with Crippen LogP contribution in [0.2, 0.25) is 0 Å². The van der Waals surface area contributed by atoms with Crippen LogP contribution in [0, 0.1) is 0 Å². The number of nitrogens with zero attached hydrogens (tertiary/aromatic N) is 2. The molecule has 27 heavy (non-hydrogen) atoms. The van der Waals surface area contributed by atoms with Crippen molar-refractivity contribution in [1.82, 2.24) is 10.6 Å². The van der Waals surface area contributed by atoms with Crippen LogP contribution in [0.3, 0.4) is 0 Å². The summed E-state index contributed by atoms with van der Waals surface area (Å²) in [5.41, 5.74) is 1.01. The molecule has 0 unspecified atom stereocenters. The normalized spacial score (nSPS) is 16.4. The van der Waals surface area contributed by atoms with Gasteiger partial charge in [-0.25, -0.2) is 8.42 Å². The largest absolute Gasteiger partial charge is 0.363 e. The van der Waals surface area contributed by atoms with Gasteiger partial charge in [-0.2, -0.15) is 0 Å². The first-order chi connectivity index (χ1) is 13.0. The molecule has 2 heterocycles. The molecular weight excluding hydrogens is 380 g/mol. The zero-order valence-corrected chi connectivity index (χ0v) is 17.3. The molecule has 2 N–H and O–H groups in total. The Balaban J connectivity index is 1.47. The van der Waals surface area contributed by atoms with Crippen molar-refractivity contribution in [2.24, 2.45) is 4.99 Å². The summed E-state index contributed by atoms with van der Waals surface area (Å²) in [4.78, 5) is 7.08. The third-order valence-corrected chi connectivity index (χ3v) is 6.75. The van der Waals surface area contributed by atoms with Crippen LogP contribution in [0.5, 0.6) is 0 Å². The van der Waals surface area contributed by atoms with Gasteiger partial charge in [-0.1, -0.05) is 12.1 Å². The molecule has 1 fully saturated rings. The second kappa shape index (κ2) is 8.75. The highest BCUT2D eigenvalue weighted by Gasteiger charge is 2.20. The average molecular weight is 407 g/mol. The van der Waals surface area contributed by atoms with Gasteiger partial charge in [0.25, 0.3) is 0 Å². The average Bonchev–Trinajstić information content (AvgIpc) is 3.20. The van der Waals surface area contributed by atoms with E-state index in [1.54, 1.807) is 30.5 Å². The smallest absolute Gasteiger partial charge is 0.191 e. The summed E-state index contributed by atoms with van der Waals surface area (Å²) >= 11 is 1.79. The number of thiophene rings is 1. The topological polar surface area (TPSA) is 73.8 Å². The monoisotopic (exact) mass is 406 g/mol. The first kappa shape index (κ1) is 19.7. The van der Waals surface area contributed by atoms with Crippen molar-refractivity contribution in [2.75, 3.05) is 31.3 Å². The number of sulfone groups is 1. The van der Waals surface area contributed by atoms with Gasteiger partial charge in [0.15, 0.2) is 15.8 Å². The van der Waals surface area contributed by atoms with Crippen LogP contribution in [0.25, 0.3) is 0 Å². The van der Waals surface area contributed by atoms with Gasteiger partial charge < -0.3 is 15.5 Å². The zero-order chi connectivity index (χ0) is 19.3. The first-order valence-electron chi connectivity index (χ1n) is 9.00. The van der Waals surface area contributed by atoms with Gasteiger partial charge in [0.05, 0.1) is 9.90 Å². The number of nitrogens with one attached hydrogen (secondary N) is 2. The molecule has 0 bridgehead atoms. The van der Waals surface area contributed by atoms with Crippen molar-refractivity contribution >= 4 is 32.1 Å². The quantitative estimate of drug-likeness (QED) is 0.590. The van der Waals surface area contributed by atoms with Crippen molar-refractivity contribution in [2.45, 2.75) is 30.3 Å². The Kier molecular flexibility index (Phi) is 6.38. The predicted molar refractivity (Wildman–Crippen MR) is 112 cm³/mol. The first-order valence-corrected chi connectivity index (χ1v) is 11.8. The Labute approximate surface area is 165 Å². The SMILES string of the molecule is CN=C(NCc1ccc(S(C)(=O)=O)cc1)NC1CCN(c2cccs2)CC1. The number of piperidine rings is 1. The van der Waals surface area contributed by atoms with E-state index in [-0.39, 0.29) is 0 Å². The summed E-state index contributed by atoms with van der Waals surface area (Å²) in [7, 11) is -1.39. The van der Waals surface area contributed by atoms with Crippen LogP contribution in [0.4, 0.5) is 5.00 Å². The molecule has 1 aliphatic rings. The number of rotatable bonds is 5. The Bertz CT molecular complexity index is 854. The lowest BCUT2D eigenvalue weighted by Gasteiger charge is -2.33. The molecule has 146 valence electrons. The van der Waals surface area contributed by atoms with Gasteiger partial charge >= 0.3 is 0 Å². The minimum absolute atomic E-state index is 0.339. The number of aliphatic imine (C=N–C) groups is 1. The van der Waals surface area contributed by atoms with Gasteiger partial charge in [-0.15, -0.1) is 11.3 Å². The molecular formula is C19H26N4O2S2. The molecule has 8 heteroatoms. The number of anilines is 1. The fourth-order valence-corrected chi connectivity index (χ4v) is 4.54. The standard InChI is InChI=1S/C19H26N4O2S2/c1-20-19(21-14-15-5-7-17(8-6-15)27(2,24)25)22-16-9-11-23(12-10-16)18-4-3-13-26-18/h3-8,13,16H,9-12,14H2,1-2H3,(H2,20,21,22). The van der Waals surface area contributed by atoms with E-state index in [0.717, 1.165) is 37.5 Å². The number of guanidine groups is 1. The Hall–Kier alpha value is -2.06. The molecule has 0 saturated carbocycles. The molecule has 0 amide bonds. The minimum Gasteiger partial charge on any atom is -0.363 e. The Morgan fingerprint density at radius 1 is 1.22 bits per heavy atom. The van der Waals surface area contributed by atoms with Gasteiger partial charge in [-0.3, -0.25) is 4.99 Å². The van der Waals surface area contributed by atoms with Gasteiger partial charge in [0.2, 0.25) is 0 Å². The highest BCUT2D eigenvalue weighted by atomic mass is 32.2. The Morgan fingerprint density at radius 2 is 1.93 bits per heavy atom. The molecule has 1 saturated heterocycles. The lowest BCUT2D eigenvalue weighted by molar-refractivity contribution is 0.463. The maximum Gasteiger partial charge on any atom is 0.191 e. The number of hydrogen-bond acceptors (Lipinski definition) is 5. The van der Waals surface area contributed by atoms with Crippen LogP contribution in [0.15, 0.2) is 51.7 Å². The van der Waals surface area contributed by atoms with Gasteiger partial charge in [0, 0.05) is 39.0 Å². The fourth-order valence-electron chi connectivity index (χ4n) is 3.12. The van der Waals surface area contributed by atoms with Gasteiger partial charge in [-0.05, 0) is 48.1 Å². The highest BCUT2D eigenvalue weighted by molar-refractivity contribution is 7.90. The molecule has 0 aliphatic carbocycles. The van der Waals surface area contributed by atoms with E-state index in [2.05, 4.69) is 38.0 Å². The molecule has 1 aromatic carbocycles. The third-order valence-electron chi connectivity index (χ3n) is 4.69. The van der Waals surface area contributed by atoms with Crippen molar-refractivity contribution in [1.29, 1.82) is 0 Å². The minimum atomic E-state index is -3.16. The van der Waals surface area contributed by atoms with E-state index in [0.29, 0.717) is 17.5 Å². The van der Waals surface area contributed by atoms with Crippen LogP contribution in [-0.4, -0.2) is 46.8 Å². The van der Waals surface area contributed by atoms with Crippen LogP contribution in [-0.2, 0) is 16.4 Å². The van der Waals surface area contributed by atoms with E-state index >= 15 is 0 Å². The molecule has 1 aliphatic heterocycles. The maximum absolute atomic E-state index is 11.5. The van der Waals surface area contributed by atoms with Crippen molar-refractivity contribution in [3.05, 3.63) is 47.3 Å². The molecule has 1 aromatic heterocycles. The second-order valence-corrected chi connectivity index (χ2v) is 9.64. The highest BCUT2D eigenvalue weighted by Crippen LogP contribution is 2.24. The van der Waals surface area contributed by atoms with E-state index in [1.807, 2.05) is 12.1 Å². The van der Waals surface area contributed by atoms with Crippen LogP contribution < -0.4 is 15.5 Å². The third kappa shape index (κ3) is 5.46. The lowest BCUT2D eigenvalue weighted by Crippen LogP contribution is -2.48. The van der Waals surface area contributed by atoms with E-state index in [1.165, 1.54) is 11.3 Å². The van der Waals surface area contributed by atoms with Gasteiger partial charge in [0.1, 0.15) is 0 Å². The van der Waals surface area contributed by atoms with Crippen LogP contribution >= 0.6 is 11.3 Å². The van der Waals surface area contributed by atoms with Crippen molar-refractivity contribution in [3.8, 4) is 0 Å². The van der Waals surface area contributed by atoms with E-state index in [9.17, 15) is 8.42 Å². The molecule has 2 aromatic rings. The molecule has 3 rings (SSSR count). The summed E-state index contributed by atoms with van der Waals surface area (Å²) in [6, 6.07) is 11.6. The predicted octanol–water partition coefficient (Wildman–Crippen LogP) is 2.49. The summed E-state index contributed by atoms with van der Waals surface area (Å²) in [5, 5.41) is 10.3. The molecule has 0 atom stereocenters. The molecule has 0 radical (unpaired) electrons. The summed E-state index contributed by atoms with van der Waals surface area (Å²) < 4.78 is 23.1.